The number of benzene rings is 2. The molecule has 0 unspecified atom stereocenters. The van der Waals surface area contributed by atoms with Gasteiger partial charge in [-0.25, -0.2) is 0 Å². The van der Waals surface area contributed by atoms with Crippen LogP contribution in [-0.2, 0) is 4.79 Å². The van der Waals surface area contributed by atoms with Gasteiger partial charge in [0.2, 0.25) is 0 Å². The van der Waals surface area contributed by atoms with Crippen molar-refractivity contribution >= 4 is 44.9 Å². The fourth-order valence-electron chi connectivity index (χ4n) is 1.98. The van der Waals surface area contributed by atoms with Crippen molar-refractivity contribution < 1.29 is 14.6 Å². The largest absolute Gasteiger partial charge is 0.506 e. The average molecular weight is 409 g/mol. The third-order valence-corrected chi connectivity index (χ3v) is 3.85. The summed E-state index contributed by atoms with van der Waals surface area (Å²) in [5, 5.41) is 15.2. The molecule has 0 aliphatic carbocycles. The predicted octanol–water partition coefficient (Wildman–Crippen LogP) is 3.66. The quantitative estimate of drug-likeness (QED) is 0.531. The van der Waals surface area contributed by atoms with Crippen molar-refractivity contribution in [3.63, 3.8) is 0 Å². The zero-order chi connectivity index (χ0) is 17.7. The third kappa shape index (κ3) is 5.21. The van der Waals surface area contributed by atoms with E-state index < -0.39 is 0 Å². The Kier molecular flexibility index (Phi) is 6.16. The highest BCUT2D eigenvalue weighted by atomic mass is 79.9. The fourth-order valence-corrected chi connectivity index (χ4v) is 2.68. The number of halogens is 1. The Morgan fingerprint density at radius 2 is 2.00 bits per heavy atom. The molecule has 0 spiro atoms. The molecule has 2 aromatic carbocycles. The van der Waals surface area contributed by atoms with Crippen molar-refractivity contribution in [3.8, 4) is 11.5 Å². The lowest BCUT2D eigenvalue weighted by Gasteiger charge is -2.12. The maximum atomic E-state index is 11.9. The number of carbonyl (C=O) groups excluding carboxylic acids is 1. The molecule has 0 radical (unpaired) electrons. The summed E-state index contributed by atoms with van der Waals surface area (Å²) in [6.07, 6.45) is 0. The van der Waals surface area contributed by atoms with Crippen LogP contribution in [0.15, 0.2) is 40.9 Å². The minimum absolute atomic E-state index is 0.0546. The molecule has 0 aliphatic rings. The van der Waals surface area contributed by atoms with Gasteiger partial charge < -0.3 is 15.2 Å². The minimum Gasteiger partial charge on any atom is -0.506 e. The first kappa shape index (κ1) is 18.2. The Hall–Kier alpha value is -2.12. The number of aryl methyl sites for hydroxylation is 2. The number of phenols is 1. The van der Waals surface area contributed by atoms with Gasteiger partial charge in [-0.05, 0) is 67.5 Å². The Bertz CT molecular complexity index is 780. The number of nitrogens with one attached hydrogen (secondary N) is 2. The first-order valence-corrected chi connectivity index (χ1v) is 8.34. The maximum absolute atomic E-state index is 11.9. The molecule has 0 aliphatic heterocycles. The summed E-state index contributed by atoms with van der Waals surface area (Å²) < 4.78 is 6.42. The van der Waals surface area contributed by atoms with E-state index in [-0.39, 0.29) is 23.4 Å². The van der Waals surface area contributed by atoms with Crippen LogP contribution in [0.2, 0.25) is 0 Å². The molecular weight excluding hydrogens is 392 g/mol. The lowest BCUT2D eigenvalue weighted by atomic mass is 10.2. The van der Waals surface area contributed by atoms with E-state index >= 15 is 0 Å². The molecule has 0 bridgehead atoms. The van der Waals surface area contributed by atoms with Gasteiger partial charge in [0.05, 0.1) is 5.69 Å². The van der Waals surface area contributed by atoms with E-state index in [1.807, 2.05) is 26.0 Å². The van der Waals surface area contributed by atoms with Crippen LogP contribution in [0.5, 0.6) is 11.5 Å². The number of amides is 1. The van der Waals surface area contributed by atoms with Crippen molar-refractivity contribution in [2.24, 2.45) is 0 Å². The molecule has 2 rings (SSSR count). The Balaban J connectivity index is 1.87. The number of carbonyl (C=O) groups is 1. The number of hydrogen-bond donors (Lipinski definition) is 3. The molecule has 126 valence electrons. The number of phenolic OH excluding ortho intramolecular Hbond substituents is 1. The molecule has 5 nitrogen and oxygen atoms in total. The van der Waals surface area contributed by atoms with Crippen molar-refractivity contribution in [1.29, 1.82) is 0 Å². The van der Waals surface area contributed by atoms with Crippen LogP contribution in [0.25, 0.3) is 0 Å². The standard InChI is InChI=1S/C17H17BrN2O3S/c1-10-3-5-14(21)13(7-10)19-17(24)20-16(22)9-23-15-6-4-12(18)8-11(15)2/h3-8,21H,9H2,1-2H3,(H2,19,20,22,24). The van der Waals surface area contributed by atoms with Gasteiger partial charge in [-0.1, -0.05) is 22.0 Å². The van der Waals surface area contributed by atoms with Crippen molar-refractivity contribution in [2.75, 3.05) is 11.9 Å². The summed E-state index contributed by atoms with van der Waals surface area (Å²) in [6, 6.07) is 10.6. The van der Waals surface area contributed by atoms with Crippen LogP contribution in [0, 0.1) is 13.8 Å². The van der Waals surface area contributed by atoms with E-state index in [2.05, 4.69) is 26.6 Å². The zero-order valence-electron chi connectivity index (χ0n) is 13.2. The normalized spacial score (nSPS) is 10.1. The molecule has 24 heavy (non-hydrogen) atoms. The third-order valence-electron chi connectivity index (χ3n) is 3.15. The molecule has 0 saturated carbocycles. The van der Waals surface area contributed by atoms with Crippen LogP contribution in [0.3, 0.4) is 0 Å². The summed E-state index contributed by atoms with van der Waals surface area (Å²) in [6.45, 7) is 3.62. The first-order chi connectivity index (χ1) is 11.3. The Labute approximate surface area is 154 Å². The van der Waals surface area contributed by atoms with Gasteiger partial charge in [-0.3, -0.25) is 10.1 Å². The topological polar surface area (TPSA) is 70.6 Å². The average Bonchev–Trinajstić information content (AvgIpc) is 2.50. The molecule has 0 heterocycles. The molecule has 0 atom stereocenters. The van der Waals surface area contributed by atoms with Crippen LogP contribution in [0.4, 0.5) is 5.69 Å². The number of thiocarbonyl (C=S) groups is 1. The van der Waals surface area contributed by atoms with E-state index in [0.717, 1.165) is 15.6 Å². The van der Waals surface area contributed by atoms with Gasteiger partial charge in [0.1, 0.15) is 11.5 Å². The van der Waals surface area contributed by atoms with Crippen molar-refractivity contribution in [2.45, 2.75) is 13.8 Å². The van der Waals surface area contributed by atoms with E-state index in [0.29, 0.717) is 11.4 Å². The highest BCUT2D eigenvalue weighted by Crippen LogP contribution is 2.24. The van der Waals surface area contributed by atoms with Crippen LogP contribution in [0.1, 0.15) is 11.1 Å². The molecule has 2 aromatic rings. The summed E-state index contributed by atoms with van der Waals surface area (Å²) in [4.78, 5) is 11.9. The highest BCUT2D eigenvalue weighted by Gasteiger charge is 2.09. The van der Waals surface area contributed by atoms with E-state index in [1.54, 1.807) is 24.3 Å². The predicted molar refractivity (Wildman–Crippen MR) is 102 cm³/mol. The van der Waals surface area contributed by atoms with Gasteiger partial charge in [-0.15, -0.1) is 0 Å². The summed E-state index contributed by atoms with van der Waals surface area (Å²) in [5.41, 5.74) is 2.31. The van der Waals surface area contributed by atoms with Gasteiger partial charge in [0.25, 0.3) is 5.91 Å². The van der Waals surface area contributed by atoms with Crippen LogP contribution in [-0.4, -0.2) is 22.7 Å². The molecule has 0 aromatic heterocycles. The molecule has 0 saturated heterocycles. The van der Waals surface area contributed by atoms with Gasteiger partial charge in [0.15, 0.2) is 11.7 Å². The number of aromatic hydroxyl groups is 1. The van der Waals surface area contributed by atoms with Gasteiger partial charge >= 0.3 is 0 Å². The molecule has 0 fully saturated rings. The number of ether oxygens (including phenoxy) is 1. The summed E-state index contributed by atoms with van der Waals surface area (Å²) >= 11 is 8.44. The monoisotopic (exact) mass is 408 g/mol. The van der Waals surface area contributed by atoms with Gasteiger partial charge in [0, 0.05) is 4.47 Å². The van der Waals surface area contributed by atoms with E-state index in [9.17, 15) is 9.90 Å². The maximum Gasteiger partial charge on any atom is 0.264 e. The second-order valence-electron chi connectivity index (χ2n) is 5.22. The lowest BCUT2D eigenvalue weighted by Crippen LogP contribution is -2.37. The molecule has 7 heteroatoms. The van der Waals surface area contributed by atoms with Crippen LogP contribution < -0.4 is 15.4 Å². The molecular formula is C17H17BrN2O3S. The molecule has 1 amide bonds. The SMILES string of the molecule is Cc1ccc(O)c(NC(=S)NC(=O)COc2ccc(Br)cc2C)c1. The molecule has 3 N–H and O–H groups in total. The Morgan fingerprint density at radius 1 is 1.25 bits per heavy atom. The number of hydrogen-bond acceptors (Lipinski definition) is 4. The number of rotatable bonds is 4. The van der Waals surface area contributed by atoms with E-state index in [1.165, 1.54) is 0 Å². The second-order valence-corrected chi connectivity index (χ2v) is 6.55. The van der Waals surface area contributed by atoms with Crippen molar-refractivity contribution in [3.05, 3.63) is 52.0 Å². The van der Waals surface area contributed by atoms with Gasteiger partial charge in [-0.2, -0.15) is 0 Å². The van der Waals surface area contributed by atoms with Crippen LogP contribution >= 0.6 is 28.1 Å². The minimum atomic E-state index is -0.387. The first-order valence-electron chi connectivity index (χ1n) is 7.14. The summed E-state index contributed by atoms with van der Waals surface area (Å²) in [7, 11) is 0. The Morgan fingerprint density at radius 3 is 2.71 bits per heavy atom. The smallest absolute Gasteiger partial charge is 0.264 e. The second kappa shape index (κ2) is 8.12. The lowest BCUT2D eigenvalue weighted by molar-refractivity contribution is -0.121. The fraction of sp³-hybridized carbons (Fsp3) is 0.176. The highest BCUT2D eigenvalue weighted by molar-refractivity contribution is 9.10. The van der Waals surface area contributed by atoms with Crippen molar-refractivity contribution in [1.82, 2.24) is 5.32 Å². The van der Waals surface area contributed by atoms with E-state index in [4.69, 9.17) is 17.0 Å². The summed E-state index contributed by atoms with van der Waals surface area (Å²) in [5.74, 6) is 0.296. The number of anilines is 1. The zero-order valence-corrected chi connectivity index (χ0v) is 15.6.